The molecule has 0 fully saturated rings. The van der Waals surface area contributed by atoms with Gasteiger partial charge in [0.05, 0.1) is 0 Å². The lowest BCUT2D eigenvalue weighted by molar-refractivity contribution is -0.159. The molecule has 0 unspecified atom stereocenters. The number of rotatable bonds is 6. The Labute approximate surface area is 73.6 Å². The fourth-order valence-electron chi connectivity index (χ4n) is 0.904. The molecule has 3 nitrogen and oxygen atoms in total. The van der Waals surface area contributed by atoms with Gasteiger partial charge < -0.3 is 0 Å². The third-order valence-corrected chi connectivity index (χ3v) is 1.65. The van der Waals surface area contributed by atoms with E-state index in [4.69, 9.17) is 5.21 Å². The van der Waals surface area contributed by atoms with Crippen molar-refractivity contribution in [3.63, 3.8) is 0 Å². The number of nitrogens with zero attached hydrogens (tertiary/aromatic N) is 1. The fourth-order valence-corrected chi connectivity index (χ4v) is 0.904. The number of carbonyl (C=O) groups excluding carboxylic acids is 1. The molecule has 0 bridgehead atoms. The van der Waals surface area contributed by atoms with Crippen molar-refractivity contribution >= 4 is 5.91 Å². The van der Waals surface area contributed by atoms with Crippen molar-refractivity contribution in [3.8, 4) is 0 Å². The summed E-state index contributed by atoms with van der Waals surface area (Å²) in [6.07, 6.45) is 5.32. The topological polar surface area (TPSA) is 40.5 Å². The van der Waals surface area contributed by atoms with Crippen LogP contribution in [0.1, 0.15) is 32.6 Å². The van der Waals surface area contributed by atoms with Gasteiger partial charge in [0.25, 0.3) is 5.91 Å². The van der Waals surface area contributed by atoms with Crippen LogP contribution in [0, 0.1) is 0 Å². The van der Waals surface area contributed by atoms with E-state index < -0.39 is 5.91 Å². The summed E-state index contributed by atoms with van der Waals surface area (Å²) < 4.78 is 0. The van der Waals surface area contributed by atoms with Crippen molar-refractivity contribution in [1.82, 2.24) is 5.06 Å². The minimum absolute atomic E-state index is 0.408. The Bertz CT molecular complexity index is 145. The van der Waals surface area contributed by atoms with Crippen LogP contribution in [-0.4, -0.2) is 22.7 Å². The van der Waals surface area contributed by atoms with E-state index in [0.717, 1.165) is 31.8 Å². The van der Waals surface area contributed by atoms with Gasteiger partial charge in [-0.05, 0) is 12.5 Å². The molecule has 70 valence electrons. The van der Waals surface area contributed by atoms with Crippen LogP contribution >= 0.6 is 0 Å². The van der Waals surface area contributed by atoms with Crippen molar-refractivity contribution in [3.05, 3.63) is 12.7 Å². The number of hydrogen-bond acceptors (Lipinski definition) is 2. The standard InChI is InChI=1S/C9H17NO2/c1-3-5-6-7-8-10(12)9(11)4-2/h4,12H,2-3,5-8H2,1H3. The predicted molar refractivity (Wildman–Crippen MR) is 47.8 cm³/mol. The lowest BCUT2D eigenvalue weighted by Gasteiger charge is -2.11. The molecule has 1 amide bonds. The molecule has 0 aliphatic heterocycles. The number of hydrogen-bond donors (Lipinski definition) is 1. The van der Waals surface area contributed by atoms with Crippen molar-refractivity contribution in [2.24, 2.45) is 0 Å². The van der Waals surface area contributed by atoms with Crippen molar-refractivity contribution in [1.29, 1.82) is 0 Å². The zero-order chi connectivity index (χ0) is 9.40. The van der Waals surface area contributed by atoms with E-state index in [1.54, 1.807) is 0 Å². The van der Waals surface area contributed by atoms with Crippen LogP contribution in [0.5, 0.6) is 0 Å². The maximum Gasteiger partial charge on any atom is 0.269 e. The Balaban J connectivity index is 3.37. The second-order valence-electron chi connectivity index (χ2n) is 2.73. The van der Waals surface area contributed by atoms with Crippen LogP contribution in [0.3, 0.4) is 0 Å². The number of amides is 1. The molecule has 0 radical (unpaired) electrons. The molecular weight excluding hydrogens is 154 g/mol. The molecule has 0 aromatic heterocycles. The van der Waals surface area contributed by atoms with Gasteiger partial charge in [0.15, 0.2) is 0 Å². The molecule has 0 spiro atoms. The van der Waals surface area contributed by atoms with Crippen LogP contribution in [0.2, 0.25) is 0 Å². The van der Waals surface area contributed by atoms with Gasteiger partial charge in [0, 0.05) is 6.54 Å². The number of hydroxylamine groups is 2. The van der Waals surface area contributed by atoms with E-state index in [1.807, 2.05) is 0 Å². The second kappa shape index (κ2) is 6.85. The second-order valence-corrected chi connectivity index (χ2v) is 2.73. The Morgan fingerprint density at radius 2 is 2.17 bits per heavy atom. The first-order valence-corrected chi connectivity index (χ1v) is 4.35. The van der Waals surface area contributed by atoms with Gasteiger partial charge >= 0.3 is 0 Å². The van der Waals surface area contributed by atoms with Gasteiger partial charge in [0.1, 0.15) is 0 Å². The molecule has 0 heterocycles. The summed E-state index contributed by atoms with van der Waals surface area (Å²) in [6, 6.07) is 0. The van der Waals surface area contributed by atoms with E-state index in [1.165, 1.54) is 0 Å². The molecule has 0 aliphatic rings. The molecule has 0 aromatic rings. The average Bonchev–Trinajstić information content (AvgIpc) is 2.10. The minimum Gasteiger partial charge on any atom is -0.286 e. The molecule has 0 aliphatic carbocycles. The van der Waals surface area contributed by atoms with Gasteiger partial charge in [-0.1, -0.05) is 32.8 Å². The summed E-state index contributed by atoms with van der Waals surface area (Å²) >= 11 is 0. The lowest BCUT2D eigenvalue weighted by atomic mass is 10.2. The molecule has 0 atom stereocenters. The largest absolute Gasteiger partial charge is 0.286 e. The molecule has 12 heavy (non-hydrogen) atoms. The maximum atomic E-state index is 10.7. The van der Waals surface area contributed by atoms with Crippen molar-refractivity contribution < 1.29 is 10.0 Å². The SMILES string of the molecule is C=CC(=O)N(O)CCCCCC. The zero-order valence-corrected chi connectivity index (χ0v) is 7.62. The van der Waals surface area contributed by atoms with Gasteiger partial charge in [-0.3, -0.25) is 10.0 Å². The first-order valence-electron chi connectivity index (χ1n) is 4.35. The van der Waals surface area contributed by atoms with E-state index >= 15 is 0 Å². The summed E-state index contributed by atoms with van der Waals surface area (Å²) in [5.41, 5.74) is 0. The minimum atomic E-state index is -0.425. The lowest BCUT2D eigenvalue weighted by Crippen LogP contribution is -2.26. The predicted octanol–water partition coefficient (Wildman–Crippen LogP) is 1.97. The van der Waals surface area contributed by atoms with Crippen molar-refractivity contribution in [2.45, 2.75) is 32.6 Å². The fraction of sp³-hybridized carbons (Fsp3) is 0.667. The van der Waals surface area contributed by atoms with E-state index in [-0.39, 0.29) is 0 Å². The Morgan fingerprint density at radius 1 is 1.50 bits per heavy atom. The molecule has 0 saturated heterocycles. The van der Waals surface area contributed by atoms with E-state index in [9.17, 15) is 4.79 Å². The Morgan fingerprint density at radius 3 is 2.67 bits per heavy atom. The van der Waals surface area contributed by atoms with Crippen LogP contribution in [0.25, 0.3) is 0 Å². The van der Waals surface area contributed by atoms with Crippen LogP contribution in [-0.2, 0) is 4.79 Å². The number of carbonyl (C=O) groups is 1. The summed E-state index contributed by atoms with van der Waals surface area (Å²) in [6.45, 7) is 5.80. The third kappa shape index (κ3) is 4.91. The normalized spacial score (nSPS) is 9.50. The first kappa shape index (κ1) is 11.2. The number of unbranched alkanes of at least 4 members (excludes halogenated alkanes) is 3. The quantitative estimate of drug-likeness (QED) is 0.287. The van der Waals surface area contributed by atoms with Crippen LogP contribution in [0.4, 0.5) is 0 Å². The molecule has 3 heteroatoms. The zero-order valence-electron chi connectivity index (χ0n) is 7.62. The summed E-state index contributed by atoms with van der Waals surface area (Å²) in [4.78, 5) is 10.7. The van der Waals surface area contributed by atoms with Gasteiger partial charge in [-0.25, -0.2) is 5.06 Å². The molecular formula is C9H17NO2. The average molecular weight is 171 g/mol. The van der Waals surface area contributed by atoms with Crippen LogP contribution < -0.4 is 0 Å². The molecule has 0 rings (SSSR count). The van der Waals surface area contributed by atoms with E-state index in [0.29, 0.717) is 11.6 Å². The first-order chi connectivity index (χ1) is 5.72. The van der Waals surface area contributed by atoms with Gasteiger partial charge in [0.2, 0.25) is 0 Å². The monoisotopic (exact) mass is 171 g/mol. The van der Waals surface area contributed by atoms with Crippen LogP contribution in [0.15, 0.2) is 12.7 Å². The van der Waals surface area contributed by atoms with Gasteiger partial charge in [-0.15, -0.1) is 0 Å². The third-order valence-electron chi connectivity index (χ3n) is 1.65. The highest BCUT2D eigenvalue weighted by molar-refractivity contribution is 5.85. The summed E-state index contributed by atoms with van der Waals surface area (Å²) in [7, 11) is 0. The van der Waals surface area contributed by atoms with Crippen molar-refractivity contribution in [2.75, 3.05) is 6.54 Å². The summed E-state index contributed by atoms with van der Waals surface area (Å²) in [5.74, 6) is -0.425. The Kier molecular flexibility index (Phi) is 6.38. The molecule has 0 aromatic carbocycles. The van der Waals surface area contributed by atoms with Gasteiger partial charge in [-0.2, -0.15) is 0 Å². The molecule has 0 saturated carbocycles. The van der Waals surface area contributed by atoms with E-state index in [2.05, 4.69) is 13.5 Å². The highest BCUT2D eigenvalue weighted by Crippen LogP contribution is 2.00. The highest BCUT2D eigenvalue weighted by Gasteiger charge is 2.04. The summed E-state index contributed by atoms with van der Waals surface area (Å²) in [5, 5.41) is 9.74. The maximum absolute atomic E-state index is 10.7. The highest BCUT2D eigenvalue weighted by atomic mass is 16.5. The Hall–Kier alpha value is -0.830. The molecule has 1 N–H and O–H groups in total. The smallest absolute Gasteiger partial charge is 0.269 e.